The summed E-state index contributed by atoms with van der Waals surface area (Å²) in [5, 5.41) is 31.0. The highest BCUT2D eigenvalue weighted by molar-refractivity contribution is 5.76. The van der Waals surface area contributed by atoms with Crippen LogP contribution in [0.2, 0.25) is 0 Å². The van der Waals surface area contributed by atoms with E-state index in [0.717, 1.165) is 17.2 Å². The van der Waals surface area contributed by atoms with Gasteiger partial charge in [0.25, 0.3) is 0 Å². The minimum atomic E-state index is -1.56. The Morgan fingerprint density at radius 1 is 1.50 bits per heavy atom. The zero-order valence-corrected chi connectivity index (χ0v) is 11.0. The van der Waals surface area contributed by atoms with Crippen LogP contribution >= 0.6 is 0 Å². The minimum Gasteiger partial charge on any atom is -0.393 e. The van der Waals surface area contributed by atoms with Crippen molar-refractivity contribution in [2.24, 2.45) is 5.73 Å². The first kappa shape index (κ1) is 16.5. The van der Waals surface area contributed by atoms with Gasteiger partial charge in [0, 0.05) is 13.2 Å². The Kier molecular flexibility index (Phi) is 5.60. The van der Waals surface area contributed by atoms with Gasteiger partial charge in [-0.1, -0.05) is 0 Å². The van der Waals surface area contributed by atoms with E-state index in [2.05, 4.69) is 5.32 Å². The topological polar surface area (TPSA) is 145 Å². The molecule has 0 aromatic carbocycles. The van der Waals surface area contributed by atoms with E-state index in [1.54, 1.807) is 0 Å². The lowest BCUT2D eigenvalue weighted by atomic mass is 9.95. The van der Waals surface area contributed by atoms with Crippen LogP contribution in [0.4, 0.5) is 4.79 Å². The van der Waals surface area contributed by atoms with Gasteiger partial charge in [0.15, 0.2) is 6.23 Å². The van der Waals surface area contributed by atoms with Crippen molar-refractivity contribution in [2.45, 2.75) is 24.0 Å². The van der Waals surface area contributed by atoms with Crippen molar-refractivity contribution in [3.05, 3.63) is 12.3 Å². The molecule has 3 atom stereocenters. The van der Waals surface area contributed by atoms with Gasteiger partial charge in [-0.15, -0.1) is 0 Å². The number of aliphatic hydroxyl groups excluding tert-OH is 3. The number of hydrogen-bond acceptors (Lipinski definition) is 7. The number of rotatable bonds is 5. The molecule has 0 bridgehead atoms. The van der Waals surface area contributed by atoms with Crippen molar-refractivity contribution in [3.63, 3.8) is 0 Å². The van der Waals surface area contributed by atoms with Gasteiger partial charge in [0.1, 0.15) is 18.0 Å². The molecule has 9 nitrogen and oxygen atoms in total. The molecule has 20 heavy (non-hydrogen) atoms. The van der Waals surface area contributed by atoms with E-state index >= 15 is 0 Å². The maximum Gasteiger partial charge on any atom is 0.323 e. The fraction of sp³-hybridized carbons (Fsp3) is 0.636. The second-order valence-electron chi connectivity index (χ2n) is 4.35. The molecule has 1 heterocycles. The fourth-order valence-corrected chi connectivity index (χ4v) is 1.96. The molecule has 0 radical (unpaired) electrons. The molecule has 1 aliphatic rings. The third-order valence-electron chi connectivity index (χ3n) is 3.21. The summed E-state index contributed by atoms with van der Waals surface area (Å²) in [7, 11) is 1.36. The monoisotopic (exact) mass is 289 g/mol. The van der Waals surface area contributed by atoms with Crippen molar-refractivity contribution in [1.29, 1.82) is 0 Å². The van der Waals surface area contributed by atoms with Crippen molar-refractivity contribution >= 4 is 12.3 Å². The number of nitrogens with zero attached hydrogens (tertiary/aromatic N) is 1. The quantitative estimate of drug-likeness (QED) is 0.270. The number of carbonyl (C=O) groups excluding carboxylic acids is 2. The van der Waals surface area contributed by atoms with Crippen LogP contribution < -0.4 is 11.1 Å². The van der Waals surface area contributed by atoms with E-state index in [-0.39, 0.29) is 0 Å². The highest BCUT2D eigenvalue weighted by Crippen LogP contribution is 2.31. The van der Waals surface area contributed by atoms with Gasteiger partial charge in [0.05, 0.1) is 19.3 Å². The molecule has 0 spiro atoms. The van der Waals surface area contributed by atoms with Crippen LogP contribution in [-0.4, -0.2) is 76.8 Å². The maximum absolute atomic E-state index is 11.7. The van der Waals surface area contributed by atoms with Crippen molar-refractivity contribution < 1.29 is 29.6 Å². The van der Waals surface area contributed by atoms with Crippen LogP contribution in [0.25, 0.3) is 0 Å². The smallest absolute Gasteiger partial charge is 0.323 e. The molecule has 9 heteroatoms. The molecule has 0 unspecified atom stereocenters. The Balaban J connectivity index is 3.06. The maximum atomic E-state index is 11.7. The van der Waals surface area contributed by atoms with Gasteiger partial charge in [-0.2, -0.15) is 0 Å². The summed E-state index contributed by atoms with van der Waals surface area (Å²) in [6.07, 6.45) is 0.0116. The normalized spacial score (nSPS) is 28.6. The molecule has 1 aliphatic heterocycles. The largest absolute Gasteiger partial charge is 0.393 e. The molecule has 1 fully saturated rings. The number of hydrogen-bond donors (Lipinski definition) is 5. The van der Waals surface area contributed by atoms with E-state index in [4.69, 9.17) is 10.5 Å². The molecule has 1 saturated heterocycles. The van der Waals surface area contributed by atoms with Crippen molar-refractivity contribution in [1.82, 2.24) is 10.2 Å². The lowest BCUT2D eigenvalue weighted by Crippen LogP contribution is -2.54. The molecule has 2 amide bonds. The highest BCUT2D eigenvalue weighted by atomic mass is 16.6. The number of ether oxygens (including phenoxy) is 1. The fourth-order valence-electron chi connectivity index (χ4n) is 1.96. The summed E-state index contributed by atoms with van der Waals surface area (Å²) < 4.78 is 5.38. The number of aldehydes is 1. The van der Waals surface area contributed by atoms with Crippen molar-refractivity contribution in [2.75, 3.05) is 20.3 Å². The van der Waals surface area contributed by atoms with E-state index in [1.165, 1.54) is 7.05 Å². The second-order valence-corrected chi connectivity index (χ2v) is 4.35. The van der Waals surface area contributed by atoms with E-state index in [0.29, 0.717) is 6.29 Å². The second kappa shape index (κ2) is 6.77. The number of allylic oxidation sites excluding steroid dienone is 1. The summed E-state index contributed by atoms with van der Waals surface area (Å²) in [5.74, 6) is 0. The first-order valence-electron chi connectivity index (χ1n) is 5.92. The van der Waals surface area contributed by atoms with Crippen LogP contribution in [0.1, 0.15) is 0 Å². The van der Waals surface area contributed by atoms with Crippen molar-refractivity contribution in [3.8, 4) is 0 Å². The molecule has 0 aromatic rings. The lowest BCUT2D eigenvalue weighted by molar-refractivity contribution is -0.136. The summed E-state index contributed by atoms with van der Waals surface area (Å²) in [6, 6.07) is -1.75. The number of amides is 2. The molecular weight excluding hydrogens is 270 g/mol. The standard InChI is InChI=1S/C11H19N3O6/c1-13-10(19)14(3-2-4-15)9-7(18)8(12)11(5-16,6-17)20-9/h2-4,7-9,16-18H,5-6,12H2,1H3,(H,13,19)/b3-2-/t7-,8+,9-/m1/s1. The van der Waals surface area contributed by atoms with Crippen LogP contribution in [0.5, 0.6) is 0 Å². The van der Waals surface area contributed by atoms with Crippen LogP contribution in [-0.2, 0) is 9.53 Å². The zero-order valence-electron chi connectivity index (χ0n) is 11.0. The average molecular weight is 289 g/mol. The predicted molar refractivity (Wildman–Crippen MR) is 67.3 cm³/mol. The summed E-state index contributed by atoms with van der Waals surface area (Å²) in [4.78, 5) is 23.0. The van der Waals surface area contributed by atoms with Gasteiger partial charge in [-0.25, -0.2) is 4.79 Å². The number of nitrogens with two attached hydrogens (primary N) is 1. The average Bonchev–Trinajstić information content (AvgIpc) is 2.73. The number of carbonyl (C=O) groups is 2. The lowest BCUT2D eigenvalue weighted by Gasteiger charge is -2.29. The highest BCUT2D eigenvalue weighted by Gasteiger charge is 2.54. The number of nitrogens with one attached hydrogen (secondary N) is 1. The summed E-state index contributed by atoms with van der Waals surface area (Å²) in [6.45, 7) is -1.26. The Labute approximate surface area is 115 Å². The van der Waals surface area contributed by atoms with Gasteiger partial charge in [-0.3, -0.25) is 9.69 Å². The summed E-state index contributed by atoms with van der Waals surface area (Å²) in [5.41, 5.74) is 4.17. The summed E-state index contributed by atoms with van der Waals surface area (Å²) >= 11 is 0. The zero-order chi connectivity index (χ0) is 15.3. The van der Waals surface area contributed by atoms with E-state index in [9.17, 15) is 24.9 Å². The predicted octanol–water partition coefficient (Wildman–Crippen LogP) is -2.89. The van der Waals surface area contributed by atoms with Gasteiger partial charge < -0.3 is 31.1 Å². The first-order chi connectivity index (χ1) is 9.47. The molecule has 1 rings (SSSR count). The number of urea groups is 1. The Hall–Kier alpha value is -1.52. The SMILES string of the molecule is CNC(=O)N(/C=C\C=O)[C@@H]1OC(CO)(CO)[C@@H](N)[C@H]1O. The Bertz CT molecular complexity index is 384. The molecule has 6 N–H and O–H groups in total. The van der Waals surface area contributed by atoms with Crippen LogP contribution in [0.3, 0.4) is 0 Å². The molecule has 0 saturated carbocycles. The van der Waals surface area contributed by atoms with Gasteiger partial charge in [-0.05, 0) is 6.08 Å². The molecule has 114 valence electrons. The van der Waals surface area contributed by atoms with Crippen LogP contribution in [0.15, 0.2) is 12.3 Å². The Morgan fingerprint density at radius 2 is 2.10 bits per heavy atom. The van der Waals surface area contributed by atoms with Crippen LogP contribution in [0, 0.1) is 0 Å². The Morgan fingerprint density at radius 3 is 2.50 bits per heavy atom. The molecular formula is C11H19N3O6. The third-order valence-corrected chi connectivity index (χ3v) is 3.21. The van der Waals surface area contributed by atoms with Gasteiger partial charge in [0.2, 0.25) is 0 Å². The van der Waals surface area contributed by atoms with Gasteiger partial charge >= 0.3 is 6.03 Å². The molecule has 0 aliphatic carbocycles. The molecule has 0 aromatic heterocycles. The third kappa shape index (κ3) is 2.81. The minimum absolute atomic E-state index is 0.447. The van der Waals surface area contributed by atoms with E-state index < -0.39 is 43.2 Å². The first-order valence-corrected chi connectivity index (χ1v) is 5.92. The van der Waals surface area contributed by atoms with E-state index in [1.807, 2.05) is 0 Å². The number of aliphatic hydroxyl groups is 3.